The standard InChI is InChI=1S/C15H22ClN3O3S/c16-14-13(18-11-5-3-1-2-4-6-11)9-17-19(15(14)20)12-7-8-23(21,22)10-12/h9,11-12,18H,1-8,10H2. The minimum absolute atomic E-state index is 0.0361. The van der Waals surface area contributed by atoms with Gasteiger partial charge >= 0.3 is 0 Å². The van der Waals surface area contributed by atoms with E-state index in [1.807, 2.05) is 0 Å². The summed E-state index contributed by atoms with van der Waals surface area (Å²) in [6, 6.07) is -0.0872. The Labute approximate surface area is 141 Å². The van der Waals surface area contributed by atoms with Gasteiger partial charge in [-0.2, -0.15) is 5.10 Å². The van der Waals surface area contributed by atoms with Crippen molar-refractivity contribution in [2.24, 2.45) is 0 Å². The van der Waals surface area contributed by atoms with Gasteiger partial charge in [-0.1, -0.05) is 37.3 Å². The molecule has 8 heteroatoms. The Morgan fingerprint density at radius 3 is 2.48 bits per heavy atom. The van der Waals surface area contributed by atoms with Crippen LogP contribution in [0.25, 0.3) is 0 Å². The second-order valence-electron chi connectivity index (χ2n) is 6.51. The molecule has 1 saturated heterocycles. The molecule has 3 rings (SSSR count). The molecule has 0 radical (unpaired) electrons. The summed E-state index contributed by atoms with van der Waals surface area (Å²) in [5.41, 5.74) is 0.146. The second-order valence-corrected chi connectivity index (χ2v) is 9.12. The fraction of sp³-hybridized carbons (Fsp3) is 0.733. The molecule has 6 nitrogen and oxygen atoms in total. The molecule has 0 spiro atoms. The molecule has 1 aliphatic carbocycles. The molecule has 1 aromatic heterocycles. The fourth-order valence-electron chi connectivity index (χ4n) is 3.42. The van der Waals surface area contributed by atoms with Crippen molar-refractivity contribution < 1.29 is 8.42 Å². The average molecular weight is 360 g/mol. The van der Waals surface area contributed by atoms with Crippen LogP contribution < -0.4 is 10.9 Å². The van der Waals surface area contributed by atoms with E-state index in [0.29, 0.717) is 18.2 Å². The molecular weight excluding hydrogens is 338 g/mol. The number of aromatic nitrogens is 2. The van der Waals surface area contributed by atoms with Crippen LogP contribution in [0.15, 0.2) is 11.0 Å². The minimum Gasteiger partial charge on any atom is -0.380 e. The maximum absolute atomic E-state index is 12.4. The summed E-state index contributed by atoms with van der Waals surface area (Å²) in [4.78, 5) is 12.4. The van der Waals surface area contributed by atoms with Gasteiger partial charge in [0, 0.05) is 6.04 Å². The molecule has 2 heterocycles. The summed E-state index contributed by atoms with van der Waals surface area (Å²) in [5, 5.41) is 7.61. The Kier molecular flexibility index (Phi) is 4.96. The Balaban J connectivity index is 1.79. The number of nitrogens with one attached hydrogen (secondary N) is 1. The largest absolute Gasteiger partial charge is 0.380 e. The van der Waals surface area contributed by atoms with Gasteiger partial charge in [0.2, 0.25) is 0 Å². The number of sulfone groups is 1. The lowest BCUT2D eigenvalue weighted by Crippen LogP contribution is -2.30. The van der Waals surface area contributed by atoms with E-state index in [0.717, 1.165) is 12.8 Å². The lowest BCUT2D eigenvalue weighted by Gasteiger charge is -2.19. The number of anilines is 1. The van der Waals surface area contributed by atoms with E-state index in [1.54, 1.807) is 6.20 Å². The van der Waals surface area contributed by atoms with Crippen molar-refractivity contribution in [1.29, 1.82) is 0 Å². The molecule has 1 aromatic rings. The van der Waals surface area contributed by atoms with Crippen LogP contribution in [0.2, 0.25) is 5.02 Å². The van der Waals surface area contributed by atoms with Crippen molar-refractivity contribution in [3.8, 4) is 0 Å². The topological polar surface area (TPSA) is 81.1 Å². The molecule has 1 atom stereocenters. The molecule has 2 aliphatic rings. The zero-order valence-corrected chi connectivity index (χ0v) is 14.6. The summed E-state index contributed by atoms with van der Waals surface area (Å²) in [5.74, 6) is 0.0666. The van der Waals surface area contributed by atoms with Crippen molar-refractivity contribution >= 4 is 27.1 Å². The number of halogens is 1. The molecule has 128 valence electrons. The Morgan fingerprint density at radius 1 is 1.17 bits per heavy atom. The minimum atomic E-state index is -3.07. The first-order valence-electron chi connectivity index (χ1n) is 8.20. The van der Waals surface area contributed by atoms with Crippen LogP contribution >= 0.6 is 11.6 Å². The highest BCUT2D eigenvalue weighted by Gasteiger charge is 2.31. The van der Waals surface area contributed by atoms with Crippen LogP contribution in [0.3, 0.4) is 0 Å². The highest BCUT2D eigenvalue weighted by Crippen LogP contribution is 2.26. The van der Waals surface area contributed by atoms with Crippen molar-refractivity contribution in [2.45, 2.75) is 57.0 Å². The molecule has 1 unspecified atom stereocenters. The average Bonchev–Trinajstić information content (AvgIpc) is 2.72. The molecule has 0 aromatic carbocycles. The molecule has 23 heavy (non-hydrogen) atoms. The number of rotatable bonds is 3. The first-order chi connectivity index (χ1) is 11.0. The van der Waals surface area contributed by atoms with Gasteiger partial charge < -0.3 is 5.32 Å². The van der Waals surface area contributed by atoms with Gasteiger partial charge in [0.05, 0.1) is 29.4 Å². The highest BCUT2D eigenvalue weighted by molar-refractivity contribution is 7.91. The van der Waals surface area contributed by atoms with Crippen LogP contribution in [0.5, 0.6) is 0 Å². The molecule has 0 amide bonds. The zero-order chi connectivity index (χ0) is 16.4. The summed E-state index contributed by atoms with van der Waals surface area (Å²) in [7, 11) is -3.07. The van der Waals surface area contributed by atoms with Gasteiger partial charge in [-0.25, -0.2) is 13.1 Å². The van der Waals surface area contributed by atoms with Crippen molar-refractivity contribution in [1.82, 2.24) is 9.78 Å². The van der Waals surface area contributed by atoms with Crippen LogP contribution in [0, 0.1) is 0 Å². The monoisotopic (exact) mass is 359 g/mol. The summed E-state index contributed by atoms with van der Waals surface area (Å²) >= 11 is 6.22. The molecule has 1 N–H and O–H groups in total. The van der Waals surface area contributed by atoms with E-state index in [1.165, 1.54) is 30.4 Å². The van der Waals surface area contributed by atoms with Crippen LogP contribution in [0.4, 0.5) is 5.69 Å². The summed E-state index contributed by atoms with van der Waals surface area (Å²) in [6.07, 6.45) is 8.98. The van der Waals surface area contributed by atoms with E-state index in [9.17, 15) is 13.2 Å². The van der Waals surface area contributed by atoms with Gasteiger partial charge in [-0.3, -0.25) is 4.79 Å². The van der Waals surface area contributed by atoms with E-state index < -0.39 is 21.4 Å². The van der Waals surface area contributed by atoms with Gasteiger partial charge in [0.15, 0.2) is 9.84 Å². The van der Waals surface area contributed by atoms with Gasteiger partial charge in [0.25, 0.3) is 5.56 Å². The Bertz CT molecular complexity index is 724. The first kappa shape index (κ1) is 16.8. The zero-order valence-electron chi connectivity index (χ0n) is 13.0. The number of nitrogens with zero attached hydrogens (tertiary/aromatic N) is 2. The lowest BCUT2D eigenvalue weighted by atomic mass is 10.1. The lowest BCUT2D eigenvalue weighted by molar-refractivity contribution is 0.474. The predicted octanol–water partition coefficient (Wildman–Crippen LogP) is 2.39. The summed E-state index contributed by atoms with van der Waals surface area (Å²) in [6.45, 7) is 0. The Morgan fingerprint density at radius 2 is 1.87 bits per heavy atom. The third kappa shape index (κ3) is 3.88. The van der Waals surface area contributed by atoms with Crippen molar-refractivity contribution in [2.75, 3.05) is 16.8 Å². The van der Waals surface area contributed by atoms with E-state index >= 15 is 0 Å². The van der Waals surface area contributed by atoms with Crippen LogP contribution in [-0.2, 0) is 9.84 Å². The smallest absolute Gasteiger partial charge is 0.287 e. The van der Waals surface area contributed by atoms with E-state index in [-0.39, 0.29) is 16.5 Å². The Hall–Kier alpha value is -1.08. The third-order valence-corrected chi connectivity index (χ3v) is 6.83. The SMILES string of the molecule is O=c1c(Cl)c(NC2CCCCCC2)cnn1C1CCS(=O)(=O)C1. The first-order valence-corrected chi connectivity index (χ1v) is 10.4. The summed E-state index contributed by atoms with van der Waals surface area (Å²) < 4.78 is 24.4. The van der Waals surface area contributed by atoms with E-state index in [4.69, 9.17) is 11.6 Å². The third-order valence-electron chi connectivity index (χ3n) is 4.71. The molecular formula is C15H22ClN3O3S. The van der Waals surface area contributed by atoms with Gasteiger partial charge in [-0.05, 0) is 19.3 Å². The molecule has 1 aliphatic heterocycles. The fourth-order valence-corrected chi connectivity index (χ4v) is 5.30. The maximum atomic E-state index is 12.4. The van der Waals surface area contributed by atoms with Crippen LogP contribution in [-0.4, -0.2) is 35.7 Å². The van der Waals surface area contributed by atoms with Gasteiger partial charge in [-0.15, -0.1) is 0 Å². The van der Waals surface area contributed by atoms with Crippen LogP contribution in [0.1, 0.15) is 51.0 Å². The maximum Gasteiger partial charge on any atom is 0.287 e. The number of hydrogen-bond donors (Lipinski definition) is 1. The highest BCUT2D eigenvalue weighted by atomic mass is 35.5. The quantitative estimate of drug-likeness (QED) is 0.838. The normalized spacial score (nSPS) is 25.2. The molecule has 1 saturated carbocycles. The van der Waals surface area contributed by atoms with E-state index in [2.05, 4.69) is 10.4 Å². The molecule has 2 fully saturated rings. The second kappa shape index (κ2) is 6.81. The predicted molar refractivity (Wildman–Crippen MR) is 90.9 cm³/mol. The van der Waals surface area contributed by atoms with Gasteiger partial charge in [0.1, 0.15) is 5.02 Å². The molecule has 0 bridgehead atoms. The number of hydrogen-bond acceptors (Lipinski definition) is 5. The van der Waals surface area contributed by atoms with Crippen molar-refractivity contribution in [3.63, 3.8) is 0 Å². The van der Waals surface area contributed by atoms with Crippen molar-refractivity contribution in [3.05, 3.63) is 21.6 Å².